The molecule has 0 aliphatic heterocycles. The van der Waals surface area contributed by atoms with E-state index in [-0.39, 0.29) is 17.9 Å². The number of nitrogens with zero attached hydrogens (tertiary/aromatic N) is 2. The summed E-state index contributed by atoms with van der Waals surface area (Å²) in [5.74, 6) is -0.930. The van der Waals surface area contributed by atoms with Gasteiger partial charge in [-0.2, -0.15) is 0 Å². The molecule has 0 bridgehead atoms. The van der Waals surface area contributed by atoms with Crippen LogP contribution >= 0.6 is 11.3 Å². The third kappa shape index (κ3) is 3.89. The Morgan fingerprint density at radius 3 is 2.54 bits per heavy atom. The van der Waals surface area contributed by atoms with Gasteiger partial charge in [-0.25, -0.2) is 4.98 Å². The van der Waals surface area contributed by atoms with Gasteiger partial charge in [-0.3, -0.25) is 19.0 Å². The minimum atomic E-state index is -0.933. The molecule has 3 aromatic rings. The van der Waals surface area contributed by atoms with Crippen molar-refractivity contribution in [2.24, 2.45) is 0 Å². The first kappa shape index (κ1) is 19.9. The van der Waals surface area contributed by atoms with E-state index in [1.54, 1.807) is 12.1 Å². The predicted molar refractivity (Wildman–Crippen MR) is 109 cm³/mol. The van der Waals surface area contributed by atoms with Crippen LogP contribution < -0.4 is 5.56 Å². The summed E-state index contributed by atoms with van der Waals surface area (Å²) in [5.41, 5.74) is 2.21. The van der Waals surface area contributed by atoms with Gasteiger partial charge in [0, 0.05) is 10.4 Å². The predicted octanol–water partition coefficient (Wildman–Crippen LogP) is 3.45. The number of benzene rings is 1. The van der Waals surface area contributed by atoms with Gasteiger partial charge in [0.05, 0.1) is 11.7 Å². The molecule has 0 spiro atoms. The van der Waals surface area contributed by atoms with Crippen LogP contribution in [-0.4, -0.2) is 27.4 Å². The molecule has 6 nitrogen and oxygen atoms in total. The molecule has 7 heteroatoms. The number of fused-ring (bicyclic) bond motifs is 1. The van der Waals surface area contributed by atoms with Gasteiger partial charge in [0.15, 0.2) is 6.10 Å². The van der Waals surface area contributed by atoms with Crippen molar-refractivity contribution < 1.29 is 14.3 Å². The summed E-state index contributed by atoms with van der Waals surface area (Å²) < 4.78 is 6.48. The van der Waals surface area contributed by atoms with E-state index in [2.05, 4.69) is 4.98 Å². The number of hydrogen-bond acceptors (Lipinski definition) is 6. The lowest BCUT2D eigenvalue weighted by Gasteiger charge is -2.13. The molecule has 0 saturated carbocycles. The maximum absolute atomic E-state index is 12.7. The van der Waals surface area contributed by atoms with E-state index < -0.39 is 12.1 Å². The fraction of sp³-hybridized carbons (Fsp3) is 0.333. The fourth-order valence-electron chi connectivity index (χ4n) is 2.95. The number of Topliss-reactive ketones (excluding diaryl/α,β-unsaturated/α-hetero) is 1. The Kier molecular flexibility index (Phi) is 5.74. The number of thiophene rings is 1. The van der Waals surface area contributed by atoms with Crippen LogP contribution in [0.3, 0.4) is 0 Å². The largest absolute Gasteiger partial charge is 0.453 e. The quantitative estimate of drug-likeness (QED) is 0.469. The van der Waals surface area contributed by atoms with Crippen LogP contribution in [0.1, 0.15) is 40.2 Å². The van der Waals surface area contributed by atoms with Gasteiger partial charge in [0.25, 0.3) is 5.56 Å². The number of aryl methyl sites for hydroxylation is 3. The third-order valence-electron chi connectivity index (χ3n) is 4.78. The summed E-state index contributed by atoms with van der Waals surface area (Å²) in [4.78, 5) is 43.3. The van der Waals surface area contributed by atoms with Crippen molar-refractivity contribution in [1.29, 1.82) is 0 Å². The van der Waals surface area contributed by atoms with E-state index in [4.69, 9.17) is 4.74 Å². The summed E-state index contributed by atoms with van der Waals surface area (Å²) in [6.45, 7) is 7.08. The number of carbonyl (C=O) groups is 2. The highest BCUT2D eigenvalue weighted by Crippen LogP contribution is 2.25. The van der Waals surface area contributed by atoms with Crippen LogP contribution in [-0.2, 0) is 22.5 Å². The van der Waals surface area contributed by atoms with E-state index in [9.17, 15) is 14.4 Å². The van der Waals surface area contributed by atoms with Crippen LogP contribution in [0.5, 0.6) is 0 Å². The lowest BCUT2D eigenvalue weighted by molar-refractivity contribution is -0.147. The van der Waals surface area contributed by atoms with Gasteiger partial charge in [0.2, 0.25) is 5.78 Å². The smallest absolute Gasteiger partial charge is 0.326 e. The average Bonchev–Trinajstić information content (AvgIpc) is 2.98. The normalized spacial score (nSPS) is 12.1. The second-order valence-corrected chi connectivity index (χ2v) is 7.89. The first-order valence-electron chi connectivity index (χ1n) is 9.09. The average molecular weight is 398 g/mol. The van der Waals surface area contributed by atoms with Crippen molar-refractivity contribution >= 4 is 33.3 Å². The molecule has 0 saturated heterocycles. The number of hydrogen-bond donors (Lipinski definition) is 0. The van der Waals surface area contributed by atoms with Gasteiger partial charge >= 0.3 is 5.97 Å². The maximum atomic E-state index is 12.7. The Balaban J connectivity index is 1.72. The molecule has 0 amide bonds. The molecule has 1 atom stereocenters. The molecule has 0 fully saturated rings. The molecule has 146 valence electrons. The highest BCUT2D eigenvalue weighted by molar-refractivity contribution is 7.18. The van der Waals surface area contributed by atoms with Crippen molar-refractivity contribution in [3.63, 3.8) is 0 Å². The van der Waals surface area contributed by atoms with Crippen LogP contribution in [0, 0.1) is 13.8 Å². The minimum Gasteiger partial charge on any atom is -0.453 e. The van der Waals surface area contributed by atoms with Crippen molar-refractivity contribution in [3.8, 4) is 0 Å². The standard InChI is InChI=1S/C21H22N2O4S/c1-5-15-6-8-16(9-7-15)19(25)13(3)27-17(24)10-23-11-22-20-18(21(23)26)12(2)14(4)28-20/h6-9,11,13H,5,10H2,1-4H3/t13-/m0/s1. The fourth-order valence-corrected chi connectivity index (χ4v) is 3.94. The minimum absolute atomic E-state index is 0.277. The Bertz CT molecular complexity index is 1100. The van der Waals surface area contributed by atoms with Gasteiger partial charge in [0.1, 0.15) is 11.4 Å². The number of carbonyl (C=O) groups excluding carboxylic acids is 2. The molecule has 0 N–H and O–H groups in total. The molecule has 0 aliphatic rings. The zero-order valence-electron chi connectivity index (χ0n) is 16.3. The van der Waals surface area contributed by atoms with Crippen molar-refractivity contribution in [2.45, 2.75) is 46.8 Å². The molecule has 0 aliphatic carbocycles. The van der Waals surface area contributed by atoms with Gasteiger partial charge in [-0.15, -0.1) is 11.3 Å². The van der Waals surface area contributed by atoms with Gasteiger partial charge in [-0.05, 0) is 38.3 Å². The summed E-state index contributed by atoms with van der Waals surface area (Å²) in [6.07, 6.45) is 1.30. The number of rotatable bonds is 6. The highest BCUT2D eigenvalue weighted by Gasteiger charge is 2.21. The molecule has 1 aromatic carbocycles. The topological polar surface area (TPSA) is 78.3 Å². The monoisotopic (exact) mass is 398 g/mol. The Labute approximate surface area is 166 Å². The maximum Gasteiger partial charge on any atom is 0.326 e. The number of ether oxygens (including phenoxy) is 1. The Morgan fingerprint density at radius 1 is 1.21 bits per heavy atom. The molecule has 2 heterocycles. The Morgan fingerprint density at radius 2 is 1.89 bits per heavy atom. The van der Waals surface area contributed by atoms with Crippen LogP contribution in [0.4, 0.5) is 0 Å². The van der Waals surface area contributed by atoms with Crippen molar-refractivity contribution in [3.05, 3.63) is 62.5 Å². The Hall–Kier alpha value is -2.80. The molecule has 0 radical (unpaired) electrons. The van der Waals surface area contributed by atoms with Gasteiger partial charge < -0.3 is 4.74 Å². The summed E-state index contributed by atoms with van der Waals surface area (Å²) in [6, 6.07) is 7.23. The molecule has 0 unspecified atom stereocenters. The number of esters is 1. The van der Waals surface area contributed by atoms with Crippen LogP contribution in [0.25, 0.3) is 10.2 Å². The highest BCUT2D eigenvalue weighted by atomic mass is 32.1. The van der Waals surface area contributed by atoms with E-state index in [0.29, 0.717) is 15.8 Å². The summed E-state index contributed by atoms with van der Waals surface area (Å²) in [7, 11) is 0. The first-order valence-corrected chi connectivity index (χ1v) is 9.91. The van der Waals surface area contributed by atoms with E-state index in [1.807, 2.05) is 32.9 Å². The van der Waals surface area contributed by atoms with E-state index >= 15 is 0 Å². The third-order valence-corrected chi connectivity index (χ3v) is 5.89. The number of ketones is 1. The zero-order valence-corrected chi connectivity index (χ0v) is 17.1. The van der Waals surface area contributed by atoms with Crippen molar-refractivity contribution in [2.75, 3.05) is 0 Å². The molecular weight excluding hydrogens is 376 g/mol. The van der Waals surface area contributed by atoms with E-state index in [1.165, 1.54) is 29.2 Å². The molecular formula is C21H22N2O4S. The second kappa shape index (κ2) is 8.06. The second-order valence-electron chi connectivity index (χ2n) is 6.69. The first-order chi connectivity index (χ1) is 13.3. The molecule has 3 rings (SSSR count). The lowest BCUT2D eigenvalue weighted by atomic mass is 10.0. The number of aromatic nitrogens is 2. The SMILES string of the molecule is CCc1ccc(C(=O)[C@H](C)OC(=O)Cn2cnc3sc(C)c(C)c3c2=O)cc1. The van der Waals surface area contributed by atoms with Gasteiger partial charge in [-0.1, -0.05) is 31.2 Å². The summed E-state index contributed by atoms with van der Waals surface area (Å²) in [5, 5.41) is 0.526. The summed E-state index contributed by atoms with van der Waals surface area (Å²) >= 11 is 1.45. The van der Waals surface area contributed by atoms with E-state index in [0.717, 1.165) is 22.4 Å². The zero-order chi connectivity index (χ0) is 20.4. The van der Waals surface area contributed by atoms with Crippen LogP contribution in [0.2, 0.25) is 0 Å². The molecule has 28 heavy (non-hydrogen) atoms. The van der Waals surface area contributed by atoms with Crippen molar-refractivity contribution in [1.82, 2.24) is 9.55 Å². The van der Waals surface area contributed by atoms with Crippen LogP contribution in [0.15, 0.2) is 35.4 Å². The molecule has 2 aromatic heterocycles. The lowest BCUT2D eigenvalue weighted by Crippen LogP contribution is -2.30.